The fourth-order valence-corrected chi connectivity index (χ4v) is 2.41. The molecule has 1 aromatic heterocycles. The van der Waals surface area contributed by atoms with Crippen LogP contribution in [0.3, 0.4) is 0 Å². The Hall–Kier alpha value is -1.29. The summed E-state index contributed by atoms with van der Waals surface area (Å²) in [7, 11) is 0. The number of nitrogens with zero attached hydrogens (tertiary/aromatic N) is 2. The summed E-state index contributed by atoms with van der Waals surface area (Å²) in [6, 6.07) is 5.71. The molecule has 0 unspecified atom stereocenters. The summed E-state index contributed by atoms with van der Waals surface area (Å²) in [6.07, 6.45) is -4.58. The Balaban J connectivity index is 2.36. The molecule has 0 fully saturated rings. The van der Waals surface area contributed by atoms with E-state index in [1.807, 2.05) is 22.6 Å². The maximum absolute atomic E-state index is 12.6. The van der Waals surface area contributed by atoms with Crippen LogP contribution in [-0.2, 0) is 6.18 Å². The second-order valence-electron chi connectivity index (χ2n) is 3.74. The van der Waals surface area contributed by atoms with Crippen LogP contribution in [0, 0.1) is 3.57 Å². The predicted molar refractivity (Wildman–Crippen MR) is 78.9 cm³/mol. The highest BCUT2D eigenvalue weighted by Gasteiger charge is 2.33. The third-order valence-electron chi connectivity index (χ3n) is 2.23. The van der Waals surface area contributed by atoms with E-state index in [1.54, 1.807) is 18.2 Å². The molecule has 1 heterocycles. The molecule has 0 radical (unpaired) electrons. The van der Waals surface area contributed by atoms with E-state index in [-0.39, 0.29) is 5.82 Å². The van der Waals surface area contributed by atoms with Crippen molar-refractivity contribution in [1.82, 2.24) is 9.97 Å². The van der Waals surface area contributed by atoms with Crippen LogP contribution in [0.1, 0.15) is 5.69 Å². The standard InChI is InChI=1S/C11H7ClF3IN4/c12-5-1-2-7(6(16)3-5)18-9-4-8(11(13,14)15)19-10(17)20-9/h1-4H,(H3,17,18,19,20). The molecule has 1 aromatic carbocycles. The Kier molecular flexibility index (Phi) is 4.23. The summed E-state index contributed by atoms with van der Waals surface area (Å²) in [5, 5.41) is 3.28. The van der Waals surface area contributed by atoms with Gasteiger partial charge >= 0.3 is 6.18 Å². The maximum Gasteiger partial charge on any atom is 0.433 e. The number of anilines is 3. The van der Waals surface area contributed by atoms with Crippen LogP contribution in [0.2, 0.25) is 5.02 Å². The zero-order valence-electron chi connectivity index (χ0n) is 9.67. The van der Waals surface area contributed by atoms with Crippen LogP contribution < -0.4 is 11.1 Å². The molecule has 2 rings (SSSR count). The van der Waals surface area contributed by atoms with Crippen LogP contribution in [0.4, 0.5) is 30.6 Å². The summed E-state index contributed by atoms with van der Waals surface area (Å²) in [4.78, 5) is 6.89. The van der Waals surface area contributed by atoms with Gasteiger partial charge in [-0.05, 0) is 40.8 Å². The quantitative estimate of drug-likeness (QED) is 0.727. The van der Waals surface area contributed by atoms with E-state index in [1.165, 1.54) is 0 Å². The van der Waals surface area contributed by atoms with Crippen LogP contribution in [0.25, 0.3) is 0 Å². The minimum absolute atomic E-state index is 0.0370. The van der Waals surface area contributed by atoms with Crippen molar-refractivity contribution >= 4 is 51.6 Å². The molecule has 9 heteroatoms. The monoisotopic (exact) mass is 414 g/mol. The van der Waals surface area contributed by atoms with Crippen LogP contribution in [0.5, 0.6) is 0 Å². The maximum atomic E-state index is 12.6. The van der Waals surface area contributed by atoms with Crippen LogP contribution in [0.15, 0.2) is 24.3 Å². The Morgan fingerprint density at radius 2 is 1.90 bits per heavy atom. The fourth-order valence-electron chi connectivity index (χ4n) is 1.40. The zero-order chi connectivity index (χ0) is 14.9. The van der Waals surface area contributed by atoms with Crippen LogP contribution >= 0.6 is 34.2 Å². The van der Waals surface area contributed by atoms with E-state index in [4.69, 9.17) is 17.3 Å². The lowest BCUT2D eigenvalue weighted by Crippen LogP contribution is -2.12. The van der Waals surface area contributed by atoms with Gasteiger partial charge in [-0.25, -0.2) is 4.98 Å². The number of hydrogen-bond donors (Lipinski definition) is 2. The van der Waals surface area contributed by atoms with E-state index in [9.17, 15) is 13.2 Å². The van der Waals surface area contributed by atoms with Gasteiger partial charge in [0.2, 0.25) is 5.95 Å². The number of benzene rings is 1. The highest BCUT2D eigenvalue weighted by Crippen LogP contribution is 2.31. The van der Waals surface area contributed by atoms with Gasteiger partial charge in [0.1, 0.15) is 5.82 Å². The lowest BCUT2D eigenvalue weighted by atomic mass is 10.3. The molecule has 0 aliphatic carbocycles. The number of rotatable bonds is 2. The molecular weight excluding hydrogens is 408 g/mol. The van der Waals surface area contributed by atoms with Gasteiger partial charge < -0.3 is 11.1 Å². The van der Waals surface area contributed by atoms with Gasteiger partial charge in [0, 0.05) is 14.7 Å². The first-order chi connectivity index (χ1) is 9.25. The third kappa shape index (κ3) is 3.63. The van der Waals surface area contributed by atoms with E-state index in [0.717, 1.165) is 9.64 Å². The Morgan fingerprint density at radius 1 is 1.20 bits per heavy atom. The van der Waals surface area contributed by atoms with Crippen molar-refractivity contribution < 1.29 is 13.2 Å². The molecule has 0 aliphatic heterocycles. The summed E-state index contributed by atoms with van der Waals surface area (Å²) >= 11 is 7.81. The molecule has 0 atom stereocenters. The molecule has 0 saturated heterocycles. The van der Waals surface area contributed by atoms with Crippen molar-refractivity contribution in [2.75, 3.05) is 11.1 Å². The number of hydrogen-bond acceptors (Lipinski definition) is 4. The van der Waals surface area contributed by atoms with Gasteiger partial charge in [0.05, 0.1) is 5.69 Å². The smallest absolute Gasteiger partial charge is 0.368 e. The molecule has 0 aliphatic rings. The molecule has 0 bridgehead atoms. The number of halogens is 5. The molecule has 0 amide bonds. The highest BCUT2D eigenvalue weighted by atomic mass is 127. The first-order valence-corrected chi connectivity index (χ1v) is 6.65. The third-order valence-corrected chi connectivity index (χ3v) is 3.36. The lowest BCUT2D eigenvalue weighted by molar-refractivity contribution is -0.141. The van der Waals surface area contributed by atoms with E-state index < -0.39 is 17.8 Å². The predicted octanol–water partition coefficient (Wildman–Crippen LogP) is 4.08. The van der Waals surface area contributed by atoms with E-state index in [2.05, 4.69) is 15.3 Å². The summed E-state index contributed by atoms with van der Waals surface area (Å²) in [5.74, 6) is -0.489. The second kappa shape index (κ2) is 5.60. The molecule has 20 heavy (non-hydrogen) atoms. The first kappa shape index (κ1) is 15.1. The van der Waals surface area contributed by atoms with Crippen molar-refractivity contribution in [3.8, 4) is 0 Å². The molecule has 2 aromatic rings. The average molecular weight is 415 g/mol. The van der Waals surface area contributed by atoms with Gasteiger partial charge in [0.25, 0.3) is 0 Å². The summed E-state index contributed by atoms with van der Waals surface area (Å²) in [6.45, 7) is 0. The van der Waals surface area contributed by atoms with E-state index >= 15 is 0 Å². The Bertz CT molecular complexity index is 648. The molecule has 0 saturated carbocycles. The SMILES string of the molecule is Nc1nc(Nc2ccc(Cl)cc2I)cc(C(F)(F)F)n1. The normalized spacial score (nSPS) is 11.4. The van der Waals surface area contributed by atoms with Gasteiger partial charge in [-0.1, -0.05) is 11.6 Å². The van der Waals surface area contributed by atoms with Gasteiger partial charge in [-0.3, -0.25) is 0 Å². The number of nitrogens with one attached hydrogen (secondary N) is 1. The molecule has 0 spiro atoms. The number of aromatic nitrogens is 2. The van der Waals surface area contributed by atoms with Gasteiger partial charge in [-0.2, -0.15) is 18.2 Å². The largest absolute Gasteiger partial charge is 0.433 e. The van der Waals surface area contributed by atoms with Crippen molar-refractivity contribution in [2.45, 2.75) is 6.18 Å². The van der Waals surface area contributed by atoms with Gasteiger partial charge in [0.15, 0.2) is 5.69 Å². The Labute approximate surface area is 130 Å². The summed E-state index contributed by atoms with van der Waals surface area (Å²) in [5.41, 5.74) is 4.76. The van der Waals surface area contributed by atoms with Crippen LogP contribution in [-0.4, -0.2) is 9.97 Å². The molecule has 3 N–H and O–H groups in total. The highest BCUT2D eigenvalue weighted by molar-refractivity contribution is 14.1. The molecule has 106 valence electrons. The first-order valence-electron chi connectivity index (χ1n) is 5.19. The number of nitrogen functional groups attached to an aromatic ring is 1. The minimum atomic E-state index is -4.58. The number of nitrogens with two attached hydrogens (primary N) is 1. The minimum Gasteiger partial charge on any atom is -0.368 e. The van der Waals surface area contributed by atoms with Crippen molar-refractivity contribution in [2.24, 2.45) is 0 Å². The van der Waals surface area contributed by atoms with Gasteiger partial charge in [-0.15, -0.1) is 0 Å². The van der Waals surface area contributed by atoms with Crippen molar-refractivity contribution in [1.29, 1.82) is 0 Å². The molecule has 4 nitrogen and oxygen atoms in total. The fraction of sp³-hybridized carbons (Fsp3) is 0.0909. The number of alkyl halides is 3. The van der Waals surface area contributed by atoms with E-state index in [0.29, 0.717) is 10.7 Å². The Morgan fingerprint density at radius 3 is 2.50 bits per heavy atom. The summed E-state index contributed by atoms with van der Waals surface area (Å²) < 4.78 is 38.6. The second-order valence-corrected chi connectivity index (χ2v) is 5.34. The average Bonchev–Trinajstić information content (AvgIpc) is 2.31. The van der Waals surface area contributed by atoms with Crippen molar-refractivity contribution in [3.63, 3.8) is 0 Å². The lowest BCUT2D eigenvalue weighted by Gasteiger charge is -2.11. The topological polar surface area (TPSA) is 63.8 Å². The zero-order valence-corrected chi connectivity index (χ0v) is 12.6. The molecular formula is C11H7ClF3IN4. The van der Waals surface area contributed by atoms with Crippen molar-refractivity contribution in [3.05, 3.63) is 38.6 Å².